The Bertz CT molecular complexity index is 429. The molecule has 0 saturated carbocycles. The van der Waals surface area contributed by atoms with E-state index in [9.17, 15) is 4.79 Å². The van der Waals surface area contributed by atoms with Gasteiger partial charge in [-0.3, -0.25) is 4.79 Å². The largest absolute Gasteiger partial charge is 0.299 e. The number of allylic oxidation sites excluding steroid dienone is 6. The lowest BCUT2D eigenvalue weighted by Crippen LogP contribution is -2.30. The molecule has 0 heterocycles. The van der Waals surface area contributed by atoms with Gasteiger partial charge in [-0.1, -0.05) is 48.8 Å². The molecule has 1 unspecified atom stereocenters. The lowest BCUT2D eigenvalue weighted by molar-refractivity contribution is -0.126. The topological polar surface area (TPSA) is 17.1 Å². The molecule has 0 aromatic heterocycles. The van der Waals surface area contributed by atoms with Crippen LogP contribution in [0, 0.1) is 11.3 Å². The van der Waals surface area contributed by atoms with E-state index in [1.54, 1.807) is 6.92 Å². The van der Waals surface area contributed by atoms with Crippen molar-refractivity contribution < 1.29 is 4.79 Å². The summed E-state index contributed by atoms with van der Waals surface area (Å²) in [5, 5.41) is 0. The number of hydrogen-bond acceptors (Lipinski definition) is 1. The number of ketones is 1. The Morgan fingerprint density at radius 1 is 1.05 bits per heavy atom. The Balaban J connectivity index is 4.95. The van der Waals surface area contributed by atoms with Gasteiger partial charge in [-0.05, 0) is 66.7 Å². The summed E-state index contributed by atoms with van der Waals surface area (Å²) in [7, 11) is 0. The molecule has 0 aliphatic heterocycles. The van der Waals surface area contributed by atoms with Gasteiger partial charge in [-0.15, -0.1) is 0 Å². The van der Waals surface area contributed by atoms with Gasteiger partial charge in [0.15, 0.2) is 0 Å². The number of rotatable bonds is 8. The van der Waals surface area contributed by atoms with E-state index in [0.717, 1.165) is 19.3 Å². The summed E-state index contributed by atoms with van der Waals surface area (Å²) in [6, 6.07) is 0. The smallest absolute Gasteiger partial charge is 0.136 e. The van der Waals surface area contributed by atoms with Crippen molar-refractivity contribution in [3.05, 3.63) is 34.9 Å². The number of hydrogen-bond donors (Lipinski definition) is 0. The molecular formula is C20H34O. The average molecular weight is 290 g/mol. The minimum Gasteiger partial charge on any atom is -0.299 e. The van der Waals surface area contributed by atoms with E-state index in [1.807, 2.05) is 0 Å². The first-order chi connectivity index (χ1) is 9.61. The second-order valence-electron chi connectivity index (χ2n) is 7.06. The van der Waals surface area contributed by atoms with E-state index < -0.39 is 0 Å². The third kappa shape index (κ3) is 7.45. The Morgan fingerprint density at radius 3 is 2.05 bits per heavy atom. The predicted octanol–water partition coefficient (Wildman–Crippen LogP) is 6.27. The van der Waals surface area contributed by atoms with E-state index in [2.05, 4.69) is 66.7 Å². The third-order valence-corrected chi connectivity index (χ3v) is 4.44. The van der Waals surface area contributed by atoms with Crippen LogP contribution in [-0.4, -0.2) is 5.78 Å². The zero-order valence-corrected chi connectivity index (χ0v) is 15.3. The number of carbonyl (C=O) groups is 1. The van der Waals surface area contributed by atoms with E-state index in [4.69, 9.17) is 0 Å². The molecule has 0 rings (SSSR count). The third-order valence-electron chi connectivity index (χ3n) is 4.44. The zero-order chi connectivity index (χ0) is 16.6. The highest BCUT2D eigenvalue weighted by Crippen LogP contribution is 2.34. The molecule has 0 bridgehead atoms. The lowest BCUT2D eigenvalue weighted by Gasteiger charge is -2.31. The molecule has 1 nitrogen and oxygen atoms in total. The van der Waals surface area contributed by atoms with Crippen molar-refractivity contribution in [2.45, 2.75) is 74.7 Å². The standard InChI is InChI=1S/C20H34O/c1-9-16(4)11-10-12-17(5)14-19(13-15(2)3)20(7,8)18(6)21/h9,12-13,19H,10-11,14H2,1-8H3. The monoisotopic (exact) mass is 290 g/mol. The van der Waals surface area contributed by atoms with Crippen molar-refractivity contribution in [1.82, 2.24) is 0 Å². The highest BCUT2D eigenvalue weighted by molar-refractivity contribution is 5.82. The fraction of sp³-hybridized carbons (Fsp3) is 0.650. The van der Waals surface area contributed by atoms with Gasteiger partial charge in [0, 0.05) is 5.41 Å². The van der Waals surface area contributed by atoms with E-state index >= 15 is 0 Å². The van der Waals surface area contributed by atoms with Crippen molar-refractivity contribution in [2.24, 2.45) is 11.3 Å². The molecule has 0 fully saturated rings. The molecule has 21 heavy (non-hydrogen) atoms. The van der Waals surface area contributed by atoms with Gasteiger partial charge in [-0.2, -0.15) is 0 Å². The summed E-state index contributed by atoms with van der Waals surface area (Å²) in [4.78, 5) is 12.0. The Morgan fingerprint density at radius 2 is 1.62 bits per heavy atom. The first-order valence-electron chi connectivity index (χ1n) is 8.04. The second kappa shape index (κ2) is 9.02. The average Bonchev–Trinajstić information content (AvgIpc) is 2.36. The van der Waals surface area contributed by atoms with Gasteiger partial charge in [0.05, 0.1) is 0 Å². The predicted molar refractivity (Wildman–Crippen MR) is 94.4 cm³/mol. The van der Waals surface area contributed by atoms with Crippen LogP contribution in [0.5, 0.6) is 0 Å². The van der Waals surface area contributed by atoms with E-state index in [1.165, 1.54) is 16.7 Å². The fourth-order valence-electron chi connectivity index (χ4n) is 2.31. The second-order valence-corrected chi connectivity index (χ2v) is 7.06. The normalized spacial score (nSPS) is 14.9. The number of carbonyl (C=O) groups excluding carboxylic acids is 1. The summed E-state index contributed by atoms with van der Waals surface area (Å²) >= 11 is 0. The SMILES string of the molecule is CC=C(C)CCC=C(C)CC(C=C(C)C)C(C)(C)C(C)=O. The van der Waals surface area contributed by atoms with Crippen LogP contribution in [0.1, 0.15) is 74.7 Å². The molecule has 0 N–H and O–H groups in total. The van der Waals surface area contributed by atoms with Gasteiger partial charge in [0.2, 0.25) is 0 Å². The molecular weight excluding hydrogens is 256 g/mol. The van der Waals surface area contributed by atoms with Gasteiger partial charge in [0.25, 0.3) is 0 Å². The molecule has 0 aliphatic rings. The summed E-state index contributed by atoms with van der Waals surface area (Å²) in [5.74, 6) is 0.543. The van der Waals surface area contributed by atoms with Crippen molar-refractivity contribution in [2.75, 3.05) is 0 Å². The maximum Gasteiger partial charge on any atom is 0.136 e. The van der Waals surface area contributed by atoms with Crippen molar-refractivity contribution in [3.63, 3.8) is 0 Å². The molecule has 0 aliphatic carbocycles. The Hall–Kier alpha value is -1.11. The quantitative estimate of drug-likeness (QED) is 0.482. The van der Waals surface area contributed by atoms with Crippen LogP contribution in [0.4, 0.5) is 0 Å². The van der Waals surface area contributed by atoms with Gasteiger partial charge in [-0.25, -0.2) is 0 Å². The minimum atomic E-state index is -0.300. The molecule has 1 atom stereocenters. The highest BCUT2D eigenvalue weighted by Gasteiger charge is 2.32. The molecule has 0 aromatic rings. The van der Waals surface area contributed by atoms with Crippen LogP contribution in [0.2, 0.25) is 0 Å². The molecule has 0 spiro atoms. The molecule has 0 aromatic carbocycles. The van der Waals surface area contributed by atoms with Crippen molar-refractivity contribution in [1.29, 1.82) is 0 Å². The van der Waals surface area contributed by atoms with Crippen LogP contribution in [0.15, 0.2) is 34.9 Å². The first kappa shape index (κ1) is 19.9. The Kier molecular flexibility index (Phi) is 8.54. The molecule has 0 radical (unpaired) electrons. The fourth-order valence-corrected chi connectivity index (χ4v) is 2.31. The van der Waals surface area contributed by atoms with E-state index in [-0.39, 0.29) is 17.1 Å². The van der Waals surface area contributed by atoms with Crippen LogP contribution >= 0.6 is 0 Å². The van der Waals surface area contributed by atoms with Crippen LogP contribution < -0.4 is 0 Å². The highest BCUT2D eigenvalue weighted by atomic mass is 16.1. The molecule has 0 amide bonds. The number of Topliss-reactive ketones (excluding diaryl/α,β-unsaturated/α-hetero) is 1. The first-order valence-corrected chi connectivity index (χ1v) is 8.04. The lowest BCUT2D eigenvalue weighted by atomic mass is 9.72. The van der Waals surface area contributed by atoms with E-state index in [0.29, 0.717) is 0 Å². The summed E-state index contributed by atoms with van der Waals surface area (Å²) < 4.78 is 0. The van der Waals surface area contributed by atoms with Gasteiger partial charge in [0.1, 0.15) is 5.78 Å². The summed E-state index contributed by atoms with van der Waals surface area (Å²) in [6.07, 6.45) is 9.94. The van der Waals surface area contributed by atoms with Gasteiger partial charge < -0.3 is 0 Å². The van der Waals surface area contributed by atoms with Crippen LogP contribution in [-0.2, 0) is 4.79 Å². The summed E-state index contributed by atoms with van der Waals surface area (Å²) in [6.45, 7) is 16.5. The zero-order valence-electron chi connectivity index (χ0n) is 15.3. The maximum atomic E-state index is 12.0. The minimum absolute atomic E-state index is 0.266. The van der Waals surface area contributed by atoms with Crippen molar-refractivity contribution in [3.8, 4) is 0 Å². The molecule has 1 heteroatoms. The maximum absolute atomic E-state index is 12.0. The molecule has 120 valence electrons. The van der Waals surface area contributed by atoms with Crippen LogP contribution in [0.3, 0.4) is 0 Å². The Labute approximate surface area is 132 Å². The molecule has 0 saturated heterocycles. The van der Waals surface area contributed by atoms with Crippen molar-refractivity contribution >= 4 is 5.78 Å². The van der Waals surface area contributed by atoms with Crippen LogP contribution in [0.25, 0.3) is 0 Å². The van der Waals surface area contributed by atoms with Gasteiger partial charge >= 0.3 is 0 Å². The summed E-state index contributed by atoms with van der Waals surface area (Å²) in [5.41, 5.74) is 3.80.